The standard InChI is InChI=1S/C14H20O2.C9H10O2/c1-8-9(2)13-11(10(3)12(8)15)6-7-14(4,5)16-13;1-2-3-7-4-5-8(10)9(11)6-7/h15H,6-7H2,1-5H3;2-6,10-11H,1H3/b;3-2+. The van der Waals surface area contributed by atoms with Gasteiger partial charge in [-0.1, -0.05) is 18.2 Å². The Balaban J connectivity index is 0.000000208. The third kappa shape index (κ3) is 4.57. The van der Waals surface area contributed by atoms with E-state index in [1.54, 1.807) is 6.07 Å². The van der Waals surface area contributed by atoms with E-state index in [-0.39, 0.29) is 17.1 Å². The highest BCUT2D eigenvalue weighted by atomic mass is 16.5. The Bertz CT molecular complexity index is 863. The van der Waals surface area contributed by atoms with Crippen molar-refractivity contribution < 1.29 is 20.1 Å². The summed E-state index contributed by atoms with van der Waals surface area (Å²) in [6.07, 6.45) is 5.70. The predicted molar refractivity (Wildman–Crippen MR) is 110 cm³/mol. The average molecular weight is 370 g/mol. The first kappa shape index (κ1) is 20.7. The van der Waals surface area contributed by atoms with E-state index in [1.807, 2.05) is 39.8 Å². The summed E-state index contributed by atoms with van der Waals surface area (Å²) < 4.78 is 6.06. The van der Waals surface area contributed by atoms with Gasteiger partial charge in [-0.25, -0.2) is 0 Å². The maximum atomic E-state index is 10.0. The van der Waals surface area contributed by atoms with Crippen molar-refractivity contribution in [3.05, 3.63) is 52.1 Å². The molecule has 2 aromatic rings. The molecular formula is C23H30O4. The molecule has 3 rings (SSSR count). The van der Waals surface area contributed by atoms with E-state index in [9.17, 15) is 5.11 Å². The number of phenols is 3. The van der Waals surface area contributed by atoms with E-state index >= 15 is 0 Å². The highest BCUT2D eigenvalue weighted by Gasteiger charge is 2.30. The van der Waals surface area contributed by atoms with Gasteiger partial charge in [-0.15, -0.1) is 0 Å². The number of phenolic OH excluding ortho intramolecular Hbond substituents is 3. The second-order valence-corrected chi connectivity index (χ2v) is 7.64. The fraction of sp³-hybridized carbons (Fsp3) is 0.391. The Labute approximate surface area is 161 Å². The van der Waals surface area contributed by atoms with E-state index in [0.717, 1.165) is 40.8 Å². The summed E-state index contributed by atoms with van der Waals surface area (Å²) in [5, 5.41) is 28.0. The van der Waals surface area contributed by atoms with Gasteiger partial charge in [0.05, 0.1) is 0 Å². The molecule has 0 bridgehead atoms. The molecule has 1 aliphatic heterocycles. The summed E-state index contributed by atoms with van der Waals surface area (Å²) >= 11 is 0. The molecule has 3 N–H and O–H groups in total. The first-order valence-electron chi connectivity index (χ1n) is 9.22. The molecule has 0 amide bonds. The fourth-order valence-electron chi connectivity index (χ4n) is 3.20. The summed E-state index contributed by atoms with van der Waals surface area (Å²) in [5.41, 5.74) is 4.96. The Hall–Kier alpha value is -2.62. The van der Waals surface area contributed by atoms with Crippen LogP contribution in [-0.4, -0.2) is 20.9 Å². The molecule has 0 spiro atoms. The number of rotatable bonds is 1. The van der Waals surface area contributed by atoms with Crippen molar-refractivity contribution in [2.75, 3.05) is 0 Å². The summed E-state index contributed by atoms with van der Waals surface area (Å²) in [5.74, 6) is 1.25. The van der Waals surface area contributed by atoms with Crippen LogP contribution in [0.1, 0.15) is 55.0 Å². The van der Waals surface area contributed by atoms with Gasteiger partial charge >= 0.3 is 0 Å². The lowest BCUT2D eigenvalue weighted by Crippen LogP contribution is -2.33. The van der Waals surface area contributed by atoms with Crippen molar-refractivity contribution >= 4 is 6.08 Å². The topological polar surface area (TPSA) is 69.9 Å². The van der Waals surface area contributed by atoms with Gasteiger partial charge in [0.15, 0.2) is 11.5 Å². The second kappa shape index (κ2) is 7.95. The van der Waals surface area contributed by atoms with Crippen molar-refractivity contribution in [3.63, 3.8) is 0 Å². The third-order valence-corrected chi connectivity index (χ3v) is 5.05. The monoisotopic (exact) mass is 370 g/mol. The largest absolute Gasteiger partial charge is 0.507 e. The molecular weight excluding hydrogens is 340 g/mol. The van der Waals surface area contributed by atoms with Crippen LogP contribution < -0.4 is 4.74 Å². The van der Waals surface area contributed by atoms with E-state index in [4.69, 9.17) is 14.9 Å². The van der Waals surface area contributed by atoms with E-state index in [0.29, 0.717) is 5.75 Å². The number of fused-ring (bicyclic) bond motifs is 1. The first-order chi connectivity index (χ1) is 12.6. The summed E-state index contributed by atoms with van der Waals surface area (Å²) in [6.45, 7) is 12.1. The van der Waals surface area contributed by atoms with Crippen LogP contribution in [0.25, 0.3) is 6.08 Å². The van der Waals surface area contributed by atoms with Gasteiger partial charge in [0.2, 0.25) is 0 Å². The average Bonchev–Trinajstić information content (AvgIpc) is 2.61. The lowest BCUT2D eigenvalue weighted by molar-refractivity contribution is 0.0831. The molecule has 0 atom stereocenters. The maximum absolute atomic E-state index is 10.0. The van der Waals surface area contributed by atoms with E-state index in [2.05, 4.69) is 13.8 Å². The van der Waals surface area contributed by atoms with Gasteiger partial charge in [-0.05, 0) is 88.8 Å². The molecule has 1 heterocycles. The molecule has 0 aromatic heterocycles. The van der Waals surface area contributed by atoms with Crippen LogP contribution in [0, 0.1) is 20.8 Å². The molecule has 0 aliphatic carbocycles. The number of ether oxygens (including phenoxy) is 1. The minimum absolute atomic E-state index is 0.0828. The van der Waals surface area contributed by atoms with Crippen LogP contribution in [0.15, 0.2) is 24.3 Å². The molecule has 4 heteroatoms. The predicted octanol–water partition coefficient (Wildman–Crippen LogP) is 5.55. The molecule has 0 saturated heterocycles. The molecule has 146 valence electrons. The van der Waals surface area contributed by atoms with E-state index in [1.165, 1.54) is 17.7 Å². The Morgan fingerprint density at radius 2 is 1.63 bits per heavy atom. The zero-order chi connectivity index (χ0) is 20.4. The summed E-state index contributed by atoms with van der Waals surface area (Å²) in [6, 6.07) is 4.70. The molecule has 0 saturated carbocycles. The van der Waals surface area contributed by atoms with Gasteiger partial charge in [0.1, 0.15) is 17.1 Å². The number of benzene rings is 2. The number of hydrogen-bond donors (Lipinski definition) is 3. The van der Waals surface area contributed by atoms with Gasteiger partial charge < -0.3 is 20.1 Å². The van der Waals surface area contributed by atoms with Crippen molar-refractivity contribution in [3.8, 4) is 23.0 Å². The third-order valence-electron chi connectivity index (χ3n) is 5.05. The van der Waals surface area contributed by atoms with Crippen molar-refractivity contribution in [2.24, 2.45) is 0 Å². The maximum Gasteiger partial charge on any atom is 0.157 e. The molecule has 27 heavy (non-hydrogen) atoms. The van der Waals surface area contributed by atoms with Gasteiger partial charge in [-0.3, -0.25) is 0 Å². The highest BCUT2D eigenvalue weighted by Crippen LogP contribution is 2.42. The zero-order valence-electron chi connectivity index (χ0n) is 17.1. The first-order valence-corrected chi connectivity index (χ1v) is 9.22. The van der Waals surface area contributed by atoms with Gasteiger partial charge in [-0.2, -0.15) is 0 Å². The number of aromatic hydroxyl groups is 3. The molecule has 0 fully saturated rings. The lowest BCUT2D eigenvalue weighted by atomic mass is 9.88. The molecule has 2 aromatic carbocycles. The number of hydrogen-bond acceptors (Lipinski definition) is 4. The quantitative estimate of drug-likeness (QED) is 0.576. The number of allylic oxidation sites excluding steroid dienone is 1. The summed E-state index contributed by atoms with van der Waals surface area (Å²) in [7, 11) is 0. The van der Waals surface area contributed by atoms with E-state index < -0.39 is 0 Å². The Kier molecular flexibility index (Phi) is 6.09. The molecule has 0 unspecified atom stereocenters. The van der Waals surface area contributed by atoms with Crippen molar-refractivity contribution in [2.45, 2.75) is 60.0 Å². The second-order valence-electron chi connectivity index (χ2n) is 7.64. The zero-order valence-corrected chi connectivity index (χ0v) is 17.1. The minimum Gasteiger partial charge on any atom is -0.507 e. The highest BCUT2D eigenvalue weighted by molar-refractivity contribution is 5.58. The van der Waals surface area contributed by atoms with Gasteiger partial charge in [0, 0.05) is 5.56 Å². The fourth-order valence-corrected chi connectivity index (χ4v) is 3.20. The van der Waals surface area contributed by atoms with Crippen LogP contribution in [0.3, 0.4) is 0 Å². The van der Waals surface area contributed by atoms with Crippen LogP contribution in [0.4, 0.5) is 0 Å². The molecule has 1 aliphatic rings. The van der Waals surface area contributed by atoms with Crippen molar-refractivity contribution in [1.82, 2.24) is 0 Å². The summed E-state index contributed by atoms with van der Waals surface area (Å²) in [4.78, 5) is 0. The lowest BCUT2D eigenvalue weighted by Gasteiger charge is -2.35. The van der Waals surface area contributed by atoms with Crippen LogP contribution >= 0.6 is 0 Å². The van der Waals surface area contributed by atoms with Crippen LogP contribution in [-0.2, 0) is 6.42 Å². The normalized spacial score (nSPS) is 14.9. The Morgan fingerprint density at radius 1 is 0.963 bits per heavy atom. The Morgan fingerprint density at radius 3 is 2.22 bits per heavy atom. The SMILES string of the molecule is C/C=C/c1ccc(O)c(O)c1.Cc1c(C)c2c(c(C)c1O)CCC(C)(C)O2. The van der Waals surface area contributed by atoms with Gasteiger partial charge in [0.25, 0.3) is 0 Å². The smallest absolute Gasteiger partial charge is 0.157 e. The van der Waals surface area contributed by atoms with Crippen LogP contribution in [0.2, 0.25) is 0 Å². The molecule has 0 radical (unpaired) electrons. The minimum atomic E-state index is -0.0897. The van der Waals surface area contributed by atoms with Crippen molar-refractivity contribution in [1.29, 1.82) is 0 Å². The molecule has 4 nitrogen and oxygen atoms in total. The van der Waals surface area contributed by atoms with Crippen LogP contribution in [0.5, 0.6) is 23.0 Å².